The Hall–Kier alpha value is -1.78. The number of hydrogen-bond donors (Lipinski definition) is 1. The number of nitrogens with one attached hydrogen (secondary N) is 1. The molecule has 86 valence electrons. The van der Waals surface area contributed by atoms with Gasteiger partial charge in [-0.25, -0.2) is 0 Å². The van der Waals surface area contributed by atoms with Crippen LogP contribution in [0.5, 0.6) is 0 Å². The van der Waals surface area contributed by atoms with Crippen LogP contribution in [-0.4, -0.2) is 5.91 Å². The quantitative estimate of drug-likeness (QED) is 0.830. The smallest absolute Gasteiger partial charge is 0.333 e. The third-order valence-electron chi connectivity index (χ3n) is 1.80. The fraction of sp³-hybridized carbons (Fsp3) is 0.182. The highest BCUT2D eigenvalue weighted by atomic mass is 19.4. The van der Waals surface area contributed by atoms with Crippen molar-refractivity contribution in [1.29, 1.82) is 0 Å². The molecule has 0 unspecified atom stereocenters. The van der Waals surface area contributed by atoms with E-state index < -0.39 is 11.7 Å². The lowest BCUT2D eigenvalue weighted by Crippen LogP contribution is -2.11. The maximum Gasteiger partial charge on any atom is 0.416 e. The topological polar surface area (TPSA) is 29.1 Å². The van der Waals surface area contributed by atoms with Crippen LogP contribution in [-0.2, 0) is 11.0 Å². The number of carbonyl (C=O) groups is 1. The van der Waals surface area contributed by atoms with Crippen molar-refractivity contribution >= 4 is 12.0 Å². The van der Waals surface area contributed by atoms with E-state index in [4.69, 9.17) is 0 Å². The van der Waals surface area contributed by atoms with Crippen LogP contribution >= 0.6 is 0 Å². The van der Waals surface area contributed by atoms with Crippen LogP contribution in [0.25, 0.3) is 6.08 Å². The van der Waals surface area contributed by atoms with Crippen molar-refractivity contribution < 1.29 is 18.0 Å². The molecule has 0 fully saturated rings. The Balaban J connectivity index is 2.72. The molecule has 1 aromatic rings. The molecule has 0 radical (unpaired) electrons. The average Bonchev–Trinajstić information content (AvgIpc) is 2.16. The number of benzene rings is 1. The summed E-state index contributed by atoms with van der Waals surface area (Å²) in [5.74, 6) is -0.233. The van der Waals surface area contributed by atoms with Crippen molar-refractivity contribution in [2.75, 3.05) is 0 Å². The molecule has 1 aromatic carbocycles. The summed E-state index contributed by atoms with van der Waals surface area (Å²) in [5.41, 5.74) is -0.106. The van der Waals surface area contributed by atoms with Crippen molar-refractivity contribution in [3.63, 3.8) is 0 Å². The molecule has 0 saturated heterocycles. The SMILES string of the molecule is CC(=O)N/C=C\c1ccc(C(F)(F)F)cc1. The van der Waals surface area contributed by atoms with Gasteiger partial charge in [-0.15, -0.1) is 0 Å². The number of halogens is 3. The molecule has 0 aromatic heterocycles. The molecule has 0 aliphatic carbocycles. The lowest BCUT2D eigenvalue weighted by atomic mass is 10.1. The molecule has 5 heteroatoms. The third-order valence-corrected chi connectivity index (χ3v) is 1.80. The average molecular weight is 229 g/mol. The van der Waals surface area contributed by atoms with Gasteiger partial charge in [-0.1, -0.05) is 12.1 Å². The van der Waals surface area contributed by atoms with E-state index in [0.29, 0.717) is 5.56 Å². The second-order valence-electron chi connectivity index (χ2n) is 3.15. The fourth-order valence-corrected chi connectivity index (χ4v) is 1.04. The summed E-state index contributed by atoms with van der Waals surface area (Å²) in [7, 11) is 0. The van der Waals surface area contributed by atoms with Gasteiger partial charge >= 0.3 is 6.18 Å². The number of hydrogen-bond acceptors (Lipinski definition) is 1. The van der Waals surface area contributed by atoms with Crippen LogP contribution in [0, 0.1) is 0 Å². The zero-order valence-corrected chi connectivity index (χ0v) is 8.51. The molecule has 16 heavy (non-hydrogen) atoms. The van der Waals surface area contributed by atoms with Gasteiger partial charge in [0, 0.05) is 13.1 Å². The third kappa shape index (κ3) is 3.76. The normalized spacial score (nSPS) is 11.8. The van der Waals surface area contributed by atoms with E-state index in [9.17, 15) is 18.0 Å². The molecule has 1 rings (SSSR count). The molecule has 1 amide bonds. The summed E-state index contributed by atoms with van der Waals surface area (Å²) < 4.78 is 36.6. The minimum Gasteiger partial charge on any atom is -0.333 e. The summed E-state index contributed by atoms with van der Waals surface area (Å²) >= 11 is 0. The Labute approximate surface area is 90.8 Å². The first kappa shape index (κ1) is 12.3. The van der Waals surface area contributed by atoms with Gasteiger partial charge < -0.3 is 5.32 Å². The van der Waals surface area contributed by atoms with Crippen molar-refractivity contribution in [3.8, 4) is 0 Å². The van der Waals surface area contributed by atoms with Gasteiger partial charge in [0.25, 0.3) is 0 Å². The van der Waals surface area contributed by atoms with Crippen LogP contribution in [0.4, 0.5) is 13.2 Å². The van der Waals surface area contributed by atoms with Crippen molar-refractivity contribution in [2.45, 2.75) is 13.1 Å². The first-order chi connectivity index (χ1) is 7.39. The molecular weight excluding hydrogens is 219 g/mol. The van der Waals surface area contributed by atoms with Gasteiger partial charge in [-0.3, -0.25) is 4.79 Å². The van der Waals surface area contributed by atoms with Crippen molar-refractivity contribution in [3.05, 3.63) is 41.6 Å². The first-order valence-electron chi connectivity index (χ1n) is 4.50. The predicted octanol–water partition coefficient (Wildman–Crippen LogP) is 2.81. The Morgan fingerprint density at radius 2 is 1.81 bits per heavy atom. The monoisotopic (exact) mass is 229 g/mol. The van der Waals surface area contributed by atoms with E-state index in [-0.39, 0.29) is 5.91 Å². The number of carbonyl (C=O) groups excluding carboxylic acids is 1. The molecule has 0 saturated carbocycles. The van der Waals surface area contributed by atoms with Gasteiger partial charge in [-0.2, -0.15) is 13.2 Å². The van der Waals surface area contributed by atoms with Crippen LogP contribution in [0.1, 0.15) is 18.1 Å². The van der Waals surface area contributed by atoms with E-state index >= 15 is 0 Å². The second kappa shape index (κ2) is 4.83. The summed E-state index contributed by atoms with van der Waals surface area (Å²) in [6.45, 7) is 1.34. The van der Waals surface area contributed by atoms with Gasteiger partial charge in [0.05, 0.1) is 5.56 Å². The molecule has 1 N–H and O–H groups in total. The predicted molar refractivity (Wildman–Crippen MR) is 54.3 cm³/mol. The Morgan fingerprint density at radius 1 is 1.25 bits per heavy atom. The zero-order valence-electron chi connectivity index (χ0n) is 8.51. The maximum absolute atomic E-state index is 12.2. The van der Waals surface area contributed by atoms with E-state index in [0.717, 1.165) is 12.1 Å². The molecule has 2 nitrogen and oxygen atoms in total. The summed E-state index contributed by atoms with van der Waals surface area (Å²) in [6, 6.07) is 4.66. The lowest BCUT2D eigenvalue weighted by Gasteiger charge is -2.05. The highest BCUT2D eigenvalue weighted by Crippen LogP contribution is 2.29. The fourth-order valence-electron chi connectivity index (χ4n) is 1.04. The second-order valence-corrected chi connectivity index (χ2v) is 3.15. The minimum atomic E-state index is -4.32. The molecule has 0 atom stereocenters. The van der Waals surface area contributed by atoms with Crippen molar-refractivity contribution in [2.24, 2.45) is 0 Å². The van der Waals surface area contributed by atoms with Gasteiger partial charge in [0.2, 0.25) is 5.91 Å². The van der Waals surface area contributed by atoms with Gasteiger partial charge in [0.15, 0.2) is 0 Å². The highest BCUT2D eigenvalue weighted by Gasteiger charge is 2.29. The number of amides is 1. The zero-order chi connectivity index (χ0) is 12.2. The summed E-state index contributed by atoms with van der Waals surface area (Å²) in [4.78, 5) is 10.5. The Kier molecular flexibility index (Phi) is 3.71. The molecule has 0 heterocycles. The standard InChI is InChI=1S/C11H10F3NO/c1-8(16)15-7-6-9-2-4-10(5-3-9)11(12,13)14/h2-7H,1H3,(H,15,16)/b7-6-. The Morgan fingerprint density at radius 3 is 2.25 bits per heavy atom. The van der Waals surface area contributed by atoms with Crippen LogP contribution in [0.3, 0.4) is 0 Å². The van der Waals surface area contributed by atoms with E-state index in [1.807, 2.05) is 0 Å². The van der Waals surface area contributed by atoms with Crippen LogP contribution in [0.15, 0.2) is 30.5 Å². The van der Waals surface area contributed by atoms with E-state index in [1.54, 1.807) is 0 Å². The van der Waals surface area contributed by atoms with Gasteiger partial charge in [-0.05, 0) is 23.8 Å². The van der Waals surface area contributed by atoms with Gasteiger partial charge in [0.1, 0.15) is 0 Å². The van der Waals surface area contributed by atoms with Crippen LogP contribution in [0.2, 0.25) is 0 Å². The molecule has 0 spiro atoms. The first-order valence-corrected chi connectivity index (χ1v) is 4.50. The maximum atomic E-state index is 12.2. The number of alkyl halides is 3. The lowest BCUT2D eigenvalue weighted by molar-refractivity contribution is -0.137. The molecule has 0 aliphatic rings. The molecule has 0 aliphatic heterocycles. The summed E-state index contributed by atoms with van der Waals surface area (Å²) in [5, 5.41) is 2.40. The molecular formula is C11H10F3NO. The number of rotatable bonds is 2. The minimum absolute atomic E-state index is 0.233. The molecule has 0 bridgehead atoms. The Bertz CT molecular complexity index is 393. The largest absolute Gasteiger partial charge is 0.416 e. The summed E-state index contributed by atoms with van der Waals surface area (Å²) in [6.07, 6.45) is -1.42. The van der Waals surface area contributed by atoms with Crippen molar-refractivity contribution in [1.82, 2.24) is 5.32 Å². The van der Waals surface area contributed by atoms with E-state index in [2.05, 4.69) is 5.32 Å². The van der Waals surface area contributed by atoms with Crippen LogP contribution < -0.4 is 5.32 Å². The van der Waals surface area contributed by atoms with E-state index in [1.165, 1.54) is 31.3 Å². The highest BCUT2D eigenvalue weighted by molar-refractivity contribution is 5.74.